The van der Waals surface area contributed by atoms with Gasteiger partial charge >= 0.3 is 0 Å². The van der Waals surface area contributed by atoms with Gasteiger partial charge < -0.3 is 5.11 Å². The summed E-state index contributed by atoms with van der Waals surface area (Å²) in [4.78, 5) is 9.90. The van der Waals surface area contributed by atoms with Crippen molar-refractivity contribution in [2.75, 3.05) is 0 Å². The van der Waals surface area contributed by atoms with Crippen LogP contribution in [0.1, 0.15) is 32.6 Å². The summed E-state index contributed by atoms with van der Waals surface area (Å²) in [6.45, 7) is 2.16. The zero-order chi connectivity index (χ0) is 9.94. The Morgan fingerprint density at radius 2 is 2.08 bits per heavy atom. The second-order valence-corrected chi connectivity index (χ2v) is 2.94. The van der Waals surface area contributed by atoms with Crippen molar-refractivity contribution in [3.63, 3.8) is 0 Å². The molecule has 0 aliphatic carbocycles. The van der Waals surface area contributed by atoms with Crippen molar-refractivity contribution in [3.8, 4) is 0 Å². The lowest BCUT2D eigenvalue weighted by atomic mass is 10.2. The molecule has 0 aromatic carbocycles. The summed E-state index contributed by atoms with van der Waals surface area (Å²) in [5.74, 6) is 0. The quantitative estimate of drug-likeness (QED) is 0.284. The first-order valence-corrected chi connectivity index (χ1v) is 4.78. The van der Waals surface area contributed by atoms with E-state index >= 15 is 0 Å². The van der Waals surface area contributed by atoms with E-state index in [2.05, 4.69) is 6.92 Å². The average Bonchev–Trinajstić information content (AvgIpc) is 2.14. The van der Waals surface area contributed by atoms with Gasteiger partial charge in [0.25, 0.3) is 0 Å². The number of aldehydes is 1. The van der Waals surface area contributed by atoms with E-state index in [9.17, 15) is 9.90 Å². The molecule has 0 aromatic heterocycles. The molecule has 0 fully saturated rings. The Labute approximate surface area is 80.0 Å². The Balaban J connectivity index is 3.47. The number of carbonyl (C=O) groups excluding carboxylic acids is 1. The fourth-order valence-electron chi connectivity index (χ4n) is 0.971. The van der Waals surface area contributed by atoms with E-state index < -0.39 is 6.10 Å². The first-order valence-electron chi connectivity index (χ1n) is 4.78. The molecule has 1 atom stereocenters. The molecule has 0 radical (unpaired) electrons. The van der Waals surface area contributed by atoms with E-state index in [-0.39, 0.29) is 0 Å². The Morgan fingerprint density at radius 1 is 1.31 bits per heavy atom. The monoisotopic (exact) mass is 182 g/mol. The van der Waals surface area contributed by atoms with Crippen LogP contribution in [0.5, 0.6) is 0 Å². The number of aliphatic hydroxyl groups is 1. The molecule has 0 saturated heterocycles. The molecule has 0 aliphatic rings. The molecule has 0 spiro atoms. The van der Waals surface area contributed by atoms with Crippen LogP contribution >= 0.6 is 0 Å². The van der Waals surface area contributed by atoms with Crippen molar-refractivity contribution in [1.29, 1.82) is 0 Å². The Kier molecular flexibility index (Phi) is 8.57. The Bertz CT molecular complexity index is 171. The molecule has 0 rings (SSSR count). The number of unbranched alkanes of at least 4 members (excludes halogenated alkanes) is 3. The highest BCUT2D eigenvalue weighted by atomic mass is 16.3. The van der Waals surface area contributed by atoms with Gasteiger partial charge in [-0.15, -0.1) is 0 Å². The van der Waals surface area contributed by atoms with Crippen LogP contribution in [-0.4, -0.2) is 17.5 Å². The minimum atomic E-state index is -0.619. The van der Waals surface area contributed by atoms with Gasteiger partial charge in [-0.1, -0.05) is 31.9 Å². The van der Waals surface area contributed by atoms with E-state index in [0.29, 0.717) is 6.29 Å². The molecule has 2 heteroatoms. The molecule has 74 valence electrons. The van der Waals surface area contributed by atoms with E-state index in [1.165, 1.54) is 25.0 Å². The van der Waals surface area contributed by atoms with Crippen LogP contribution in [0.15, 0.2) is 24.3 Å². The minimum Gasteiger partial charge on any atom is -0.385 e. The van der Waals surface area contributed by atoms with Gasteiger partial charge in [-0.3, -0.25) is 4.79 Å². The summed E-state index contributed by atoms with van der Waals surface area (Å²) in [6, 6.07) is 0. The molecule has 0 bridgehead atoms. The van der Waals surface area contributed by atoms with Gasteiger partial charge in [-0.25, -0.2) is 0 Å². The average molecular weight is 182 g/mol. The van der Waals surface area contributed by atoms with Gasteiger partial charge in [0, 0.05) is 0 Å². The van der Waals surface area contributed by atoms with Crippen LogP contribution in [0, 0.1) is 0 Å². The van der Waals surface area contributed by atoms with E-state index in [0.717, 1.165) is 12.8 Å². The van der Waals surface area contributed by atoms with Gasteiger partial charge in [0.05, 0.1) is 6.10 Å². The maximum atomic E-state index is 9.90. The predicted molar refractivity (Wildman–Crippen MR) is 54.5 cm³/mol. The summed E-state index contributed by atoms with van der Waals surface area (Å²) >= 11 is 0. The number of aliphatic hydroxyl groups excluding tert-OH is 1. The van der Waals surface area contributed by atoms with Crippen molar-refractivity contribution in [3.05, 3.63) is 24.3 Å². The molecule has 0 saturated carbocycles. The second-order valence-electron chi connectivity index (χ2n) is 2.94. The highest BCUT2D eigenvalue weighted by molar-refractivity contribution is 5.64. The molecule has 1 unspecified atom stereocenters. The molecule has 1 N–H and O–H groups in total. The predicted octanol–water partition coefficient (Wildman–Crippen LogP) is 2.24. The molecule has 13 heavy (non-hydrogen) atoms. The Morgan fingerprint density at radius 3 is 2.69 bits per heavy atom. The number of carbonyl (C=O) groups is 1. The summed E-state index contributed by atoms with van der Waals surface area (Å²) in [5.41, 5.74) is 0. The minimum absolute atomic E-state index is 0.619. The first kappa shape index (κ1) is 12.1. The zero-order valence-corrected chi connectivity index (χ0v) is 8.15. The molecular formula is C11H18O2. The highest BCUT2D eigenvalue weighted by Gasteiger charge is 1.89. The van der Waals surface area contributed by atoms with Crippen molar-refractivity contribution >= 4 is 6.29 Å². The normalized spacial score (nSPS) is 14.0. The molecule has 0 heterocycles. The van der Waals surface area contributed by atoms with Crippen LogP contribution < -0.4 is 0 Å². The van der Waals surface area contributed by atoms with Crippen molar-refractivity contribution in [1.82, 2.24) is 0 Å². The lowest BCUT2D eigenvalue weighted by Crippen LogP contribution is -1.95. The third kappa shape index (κ3) is 9.02. The van der Waals surface area contributed by atoms with E-state index in [1.807, 2.05) is 6.08 Å². The maximum Gasteiger partial charge on any atom is 0.142 e. The highest BCUT2D eigenvalue weighted by Crippen LogP contribution is 2.00. The SMILES string of the molecule is CCCCCC=CC(O)C=CC=O. The molecular weight excluding hydrogens is 164 g/mol. The van der Waals surface area contributed by atoms with Crippen LogP contribution in [0.2, 0.25) is 0 Å². The summed E-state index contributed by atoms with van der Waals surface area (Å²) in [6.07, 6.45) is 11.1. The van der Waals surface area contributed by atoms with Crippen LogP contribution in [0.3, 0.4) is 0 Å². The zero-order valence-electron chi connectivity index (χ0n) is 8.15. The number of rotatable bonds is 7. The molecule has 2 nitrogen and oxygen atoms in total. The largest absolute Gasteiger partial charge is 0.385 e. The second kappa shape index (κ2) is 9.20. The van der Waals surface area contributed by atoms with Crippen LogP contribution in [0.25, 0.3) is 0 Å². The fraction of sp³-hybridized carbons (Fsp3) is 0.545. The van der Waals surface area contributed by atoms with Crippen LogP contribution in [-0.2, 0) is 4.79 Å². The number of allylic oxidation sites excluding steroid dienone is 2. The van der Waals surface area contributed by atoms with Crippen molar-refractivity contribution in [2.45, 2.75) is 38.7 Å². The van der Waals surface area contributed by atoms with Gasteiger partial charge in [-0.05, 0) is 25.0 Å². The van der Waals surface area contributed by atoms with Gasteiger partial charge in [0.2, 0.25) is 0 Å². The third-order valence-electron chi connectivity index (χ3n) is 1.69. The lowest BCUT2D eigenvalue weighted by Gasteiger charge is -1.96. The Hall–Kier alpha value is -0.890. The van der Waals surface area contributed by atoms with Gasteiger partial charge in [-0.2, -0.15) is 0 Å². The maximum absolute atomic E-state index is 9.90. The number of hydrogen-bond donors (Lipinski definition) is 1. The summed E-state index contributed by atoms with van der Waals surface area (Å²) < 4.78 is 0. The molecule has 0 aliphatic heterocycles. The van der Waals surface area contributed by atoms with Gasteiger partial charge in [0.15, 0.2) is 0 Å². The first-order chi connectivity index (χ1) is 6.31. The molecule has 0 amide bonds. The standard InChI is InChI=1S/C11H18O2/c1-2-3-4-5-6-8-11(13)9-7-10-12/h6-11,13H,2-5H2,1H3. The van der Waals surface area contributed by atoms with Crippen LogP contribution in [0.4, 0.5) is 0 Å². The van der Waals surface area contributed by atoms with Gasteiger partial charge in [0.1, 0.15) is 6.29 Å². The molecule has 0 aromatic rings. The smallest absolute Gasteiger partial charge is 0.142 e. The lowest BCUT2D eigenvalue weighted by molar-refractivity contribution is -0.104. The van der Waals surface area contributed by atoms with Crippen molar-refractivity contribution in [2.24, 2.45) is 0 Å². The topological polar surface area (TPSA) is 37.3 Å². The summed E-state index contributed by atoms with van der Waals surface area (Å²) in [7, 11) is 0. The fourth-order valence-corrected chi connectivity index (χ4v) is 0.971. The third-order valence-corrected chi connectivity index (χ3v) is 1.69. The van der Waals surface area contributed by atoms with E-state index in [4.69, 9.17) is 0 Å². The van der Waals surface area contributed by atoms with E-state index in [1.54, 1.807) is 6.08 Å². The summed E-state index contributed by atoms with van der Waals surface area (Å²) in [5, 5.41) is 9.20. The van der Waals surface area contributed by atoms with Crippen molar-refractivity contribution < 1.29 is 9.90 Å². The number of hydrogen-bond acceptors (Lipinski definition) is 2.